The van der Waals surface area contributed by atoms with Crippen LogP contribution < -0.4 is 25.6 Å². The Morgan fingerprint density at radius 3 is 2.44 bits per heavy atom. The van der Waals surface area contributed by atoms with Gasteiger partial charge in [0.25, 0.3) is 5.91 Å². The van der Waals surface area contributed by atoms with Crippen LogP contribution in [-0.4, -0.2) is 124 Å². The Hall–Kier alpha value is -7.58. The first-order valence-electron chi connectivity index (χ1n) is 27.3. The number of carboxylic acids is 1. The number of carbonyl (C=O) groups excluding carboxylic acids is 4. The van der Waals surface area contributed by atoms with Gasteiger partial charge in [-0.3, -0.25) is 24.5 Å². The van der Waals surface area contributed by atoms with Gasteiger partial charge in [0, 0.05) is 61.6 Å². The van der Waals surface area contributed by atoms with Crippen molar-refractivity contribution in [2.75, 3.05) is 56.3 Å². The molecule has 4 amide bonds. The lowest BCUT2D eigenvalue weighted by atomic mass is 9.85. The fraction of sp³-hybridized carbons (Fsp3) is 0.377. The minimum atomic E-state index is -1.09. The number of para-hydroxylation sites is 1. The number of hydrogen-bond acceptors (Lipinski definition) is 16. The van der Waals surface area contributed by atoms with Gasteiger partial charge in [-0.1, -0.05) is 92.5 Å². The summed E-state index contributed by atoms with van der Waals surface area (Å²) in [4.78, 5) is 85.1. The predicted molar refractivity (Wildman–Crippen MR) is 317 cm³/mol. The number of aliphatic hydroxyl groups is 1. The molecule has 2 aliphatic rings. The van der Waals surface area contributed by atoms with Crippen molar-refractivity contribution in [1.82, 2.24) is 30.5 Å². The number of carbonyl (C=O) groups is 5. The van der Waals surface area contributed by atoms with Crippen molar-refractivity contribution in [3.8, 4) is 28.0 Å². The molecule has 4 aromatic carbocycles. The molecule has 5 heterocycles. The molecule has 0 spiro atoms. The second-order valence-electron chi connectivity index (χ2n) is 21.1. The smallest absolute Gasteiger partial charge is 0.355 e. The Morgan fingerprint density at radius 1 is 0.890 bits per heavy atom. The van der Waals surface area contributed by atoms with Gasteiger partial charge in [-0.2, -0.15) is 0 Å². The molecule has 5 N–H and O–H groups in total. The Bertz CT molecular complexity index is 3420. The normalized spacial score (nSPS) is 15.3. The summed E-state index contributed by atoms with van der Waals surface area (Å²) in [6, 6.07) is 26.9. The topological polar surface area (TPSA) is 235 Å². The number of aryl methyl sites for hydroxylation is 2. The Balaban J connectivity index is 0.646. The summed E-state index contributed by atoms with van der Waals surface area (Å²) in [5.41, 5.74) is 8.19. The highest BCUT2D eigenvalue weighted by Crippen LogP contribution is 2.34. The molecule has 18 nitrogen and oxygen atoms in total. The molecule has 3 atom stereocenters. The molecule has 1 saturated heterocycles. The van der Waals surface area contributed by atoms with Crippen molar-refractivity contribution >= 4 is 84.1 Å². The number of aromatic nitrogens is 3. The van der Waals surface area contributed by atoms with E-state index < -0.39 is 35.5 Å². The SMILES string of the molecule is Cc1ncsc1-c1ccc(CNC(=O)[C@@H]2C[C@@H](O)CN2C(=O)[C@@H](NC(=O)CCCOCCOCC#Cc2ccc(OCCCc3sc(N4CCc5cccc(C(=O)Nc6nc7ccccc7s6)c5C4)nc3C(=O)O)cc2)C(C)(C)C)cc1. The zero-order valence-electron chi connectivity index (χ0n) is 46.2. The second kappa shape index (κ2) is 27.5. The minimum absolute atomic E-state index is 0.00821. The van der Waals surface area contributed by atoms with Crippen molar-refractivity contribution in [1.29, 1.82) is 0 Å². The Labute approximate surface area is 488 Å². The van der Waals surface area contributed by atoms with Crippen LogP contribution in [0.1, 0.15) is 100 Å². The number of likely N-dealkylation sites (tertiary alicyclic amines) is 1. The molecule has 82 heavy (non-hydrogen) atoms. The van der Waals surface area contributed by atoms with Crippen LogP contribution in [0.5, 0.6) is 5.75 Å². The first-order chi connectivity index (χ1) is 39.6. The molecule has 0 radical (unpaired) electrons. The molecule has 1 fully saturated rings. The van der Waals surface area contributed by atoms with Gasteiger partial charge >= 0.3 is 5.97 Å². The zero-order valence-corrected chi connectivity index (χ0v) is 48.6. The number of rotatable bonds is 23. The number of amides is 4. The fourth-order valence-corrected chi connectivity index (χ4v) is 12.5. The molecule has 428 valence electrons. The van der Waals surface area contributed by atoms with Crippen molar-refractivity contribution in [3.05, 3.63) is 141 Å². The van der Waals surface area contributed by atoms with Crippen LogP contribution in [-0.2, 0) is 49.8 Å². The van der Waals surface area contributed by atoms with Gasteiger partial charge in [0.1, 0.15) is 24.4 Å². The van der Waals surface area contributed by atoms with Crippen LogP contribution in [0, 0.1) is 24.2 Å². The van der Waals surface area contributed by atoms with E-state index in [0.717, 1.165) is 48.6 Å². The maximum absolute atomic E-state index is 14.0. The summed E-state index contributed by atoms with van der Waals surface area (Å²) in [7, 11) is 0. The molecule has 3 aromatic heterocycles. The molecule has 9 rings (SSSR count). The van der Waals surface area contributed by atoms with E-state index in [1.807, 2.05) is 129 Å². The number of thiazole rings is 3. The highest BCUT2D eigenvalue weighted by atomic mass is 32.1. The van der Waals surface area contributed by atoms with E-state index in [2.05, 4.69) is 42.7 Å². The third-order valence-electron chi connectivity index (χ3n) is 14.0. The number of fused-ring (bicyclic) bond motifs is 2. The average molecular weight is 1170 g/mol. The van der Waals surface area contributed by atoms with Crippen LogP contribution in [0.25, 0.3) is 20.7 Å². The van der Waals surface area contributed by atoms with Crippen LogP contribution in [0.2, 0.25) is 0 Å². The fourth-order valence-electron chi connectivity index (χ4n) is 9.74. The van der Waals surface area contributed by atoms with Gasteiger partial charge in [0.15, 0.2) is 16.0 Å². The van der Waals surface area contributed by atoms with Gasteiger partial charge in [-0.05, 0) is 103 Å². The van der Waals surface area contributed by atoms with E-state index in [0.29, 0.717) is 91.7 Å². The van der Waals surface area contributed by atoms with Gasteiger partial charge in [-0.15, -0.1) is 22.7 Å². The molecule has 0 saturated carbocycles. The van der Waals surface area contributed by atoms with Gasteiger partial charge < -0.3 is 44.9 Å². The molecular weight excluding hydrogens is 1100 g/mol. The van der Waals surface area contributed by atoms with Crippen LogP contribution in [0.3, 0.4) is 0 Å². The first-order valence-corrected chi connectivity index (χ1v) is 29.8. The van der Waals surface area contributed by atoms with Crippen molar-refractivity contribution < 1.29 is 48.4 Å². The number of nitrogens with one attached hydrogen (secondary N) is 3. The lowest BCUT2D eigenvalue weighted by Crippen LogP contribution is -2.57. The number of aromatic carboxylic acids is 1. The summed E-state index contributed by atoms with van der Waals surface area (Å²) < 4.78 is 18.3. The van der Waals surface area contributed by atoms with Gasteiger partial charge in [-0.25, -0.2) is 19.7 Å². The Kier molecular flexibility index (Phi) is 19.8. The van der Waals surface area contributed by atoms with Crippen LogP contribution >= 0.6 is 34.0 Å². The Morgan fingerprint density at radius 2 is 1.68 bits per heavy atom. The molecule has 0 aliphatic carbocycles. The average Bonchev–Trinajstić information content (AvgIpc) is 4.38. The lowest BCUT2D eigenvalue weighted by molar-refractivity contribution is -0.144. The molecule has 21 heteroatoms. The number of ether oxygens (including phenoxy) is 3. The van der Waals surface area contributed by atoms with Crippen molar-refractivity contribution in [2.24, 2.45) is 5.41 Å². The highest BCUT2D eigenvalue weighted by Gasteiger charge is 2.44. The van der Waals surface area contributed by atoms with Gasteiger partial charge in [0.2, 0.25) is 17.7 Å². The third-order valence-corrected chi connectivity index (χ3v) is 17.2. The molecular formula is C61H66N8O10S3. The van der Waals surface area contributed by atoms with Crippen molar-refractivity contribution in [2.45, 2.75) is 97.5 Å². The van der Waals surface area contributed by atoms with E-state index in [9.17, 15) is 34.2 Å². The quantitative estimate of drug-likeness (QED) is 0.0298. The lowest BCUT2D eigenvalue weighted by Gasteiger charge is -2.35. The van der Waals surface area contributed by atoms with E-state index >= 15 is 0 Å². The minimum Gasteiger partial charge on any atom is -0.494 e. The number of aliphatic hydroxyl groups excluding tert-OH is 1. The predicted octanol–water partition coefficient (Wildman–Crippen LogP) is 8.68. The van der Waals surface area contributed by atoms with E-state index in [4.69, 9.17) is 14.2 Å². The van der Waals surface area contributed by atoms with Gasteiger partial charge in [0.05, 0.1) is 52.2 Å². The van der Waals surface area contributed by atoms with Crippen molar-refractivity contribution in [3.63, 3.8) is 0 Å². The number of benzene rings is 4. The van der Waals surface area contributed by atoms with Crippen LogP contribution in [0.4, 0.5) is 10.3 Å². The number of β-amino-alcohol motifs (C(OH)–C–C–N with tert-alkyl or cyclic N) is 1. The van der Waals surface area contributed by atoms with Crippen LogP contribution in [0.15, 0.2) is 96.5 Å². The standard InChI is InChI=1S/C61H66N8O10S3/c1-38-53(80-37-63-38)42-22-18-40(19-23-42)34-62-56(73)48-33-43(70)35-69(48)57(74)54(61(2,3)4)65-51(71)17-10-29-78-32-31-77-28-8-11-39-20-24-44(25-21-39)79-30-9-16-50-52(58(75)76)66-60(82-50)68-27-26-41-12-7-13-45(46(41)36-68)55(72)67-59-64-47-14-5-6-15-49(47)81-59/h5-7,12-15,18-25,37,43,48,54,70H,9-10,16-17,26-36H2,1-4H3,(H,62,73)(H,65,71)(H,75,76)(H,64,67,72)/t43-,48+,54-/m1/s1. The second-order valence-corrected chi connectivity index (χ2v) is 24.1. The van der Waals surface area contributed by atoms with E-state index in [1.54, 1.807) is 11.3 Å². The maximum Gasteiger partial charge on any atom is 0.355 e. The molecule has 0 bridgehead atoms. The maximum atomic E-state index is 14.0. The largest absolute Gasteiger partial charge is 0.494 e. The highest BCUT2D eigenvalue weighted by molar-refractivity contribution is 7.22. The summed E-state index contributed by atoms with van der Waals surface area (Å²) in [6.07, 6.45) is 1.50. The van der Waals surface area contributed by atoms with E-state index in [1.165, 1.54) is 27.6 Å². The molecule has 2 aliphatic heterocycles. The first kappa shape index (κ1) is 59.1. The zero-order chi connectivity index (χ0) is 57.8. The van der Waals surface area contributed by atoms with E-state index in [-0.39, 0.29) is 56.0 Å². The summed E-state index contributed by atoms with van der Waals surface area (Å²) in [5.74, 6) is 4.31. The molecule has 0 unspecified atom stereocenters. The number of hydrogen-bond donors (Lipinski definition) is 5. The number of carboxylic acid groups (broad SMARTS) is 1. The number of anilines is 2. The summed E-state index contributed by atoms with van der Waals surface area (Å²) >= 11 is 4.35. The summed E-state index contributed by atoms with van der Waals surface area (Å²) in [5, 5.41) is 30.6. The summed E-state index contributed by atoms with van der Waals surface area (Å²) in [6.45, 7) is 10.3. The monoisotopic (exact) mass is 1170 g/mol. The molecule has 7 aromatic rings. The third kappa shape index (κ3) is 15.3. The number of nitrogens with zero attached hydrogens (tertiary/aromatic N) is 5.